The van der Waals surface area contributed by atoms with Gasteiger partial charge in [0.05, 0.1) is 0 Å². The number of carbonyl (C=O) groups is 1. The van der Waals surface area contributed by atoms with Gasteiger partial charge in [0, 0.05) is 30.6 Å². The van der Waals surface area contributed by atoms with Gasteiger partial charge >= 0.3 is 0 Å². The van der Waals surface area contributed by atoms with E-state index in [0.29, 0.717) is 18.0 Å². The van der Waals surface area contributed by atoms with Gasteiger partial charge in [-0.3, -0.25) is 4.79 Å². The van der Waals surface area contributed by atoms with Crippen LogP contribution in [0.5, 0.6) is 0 Å². The van der Waals surface area contributed by atoms with E-state index in [-0.39, 0.29) is 16.8 Å². The summed E-state index contributed by atoms with van der Waals surface area (Å²) in [6, 6.07) is 1.74. The maximum atomic E-state index is 12.9. The zero-order valence-corrected chi connectivity index (χ0v) is 16.9. The normalized spacial score (nSPS) is 21.4. The van der Waals surface area contributed by atoms with Gasteiger partial charge < -0.3 is 5.32 Å². The van der Waals surface area contributed by atoms with Crippen LogP contribution in [0, 0.1) is 0 Å². The van der Waals surface area contributed by atoms with Crippen LogP contribution in [0.15, 0.2) is 16.3 Å². The van der Waals surface area contributed by atoms with Crippen molar-refractivity contribution in [2.24, 2.45) is 0 Å². The molecular weight excluding hydrogens is 376 g/mol. The Morgan fingerprint density at radius 2 is 1.72 bits per heavy atom. The largest absolute Gasteiger partial charge is 0.349 e. The van der Waals surface area contributed by atoms with Gasteiger partial charge in [0.2, 0.25) is 10.0 Å². The monoisotopic (exact) mass is 402 g/mol. The van der Waals surface area contributed by atoms with Crippen molar-refractivity contribution in [2.75, 3.05) is 24.6 Å². The fourth-order valence-electron chi connectivity index (χ4n) is 3.44. The Kier molecular flexibility index (Phi) is 6.82. The fraction of sp³-hybridized carbons (Fsp3) is 0.706. The molecule has 1 saturated heterocycles. The minimum atomic E-state index is -3.58. The maximum absolute atomic E-state index is 12.9. The molecule has 25 heavy (non-hydrogen) atoms. The second kappa shape index (κ2) is 8.88. The highest BCUT2D eigenvalue weighted by Gasteiger charge is 2.31. The van der Waals surface area contributed by atoms with Crippen LogP contribution in [0.2, 0.25) is 0 Å². The van der Waals surface area contributed by atoms with Crippen molar-refractivity contribution in [1.82, 2.24) is 9.62 Å². The summed E-state index contributed by atoms with van der Waals surface area (Å²) in [6.45, 7) is 1.04. The van der Waals surface area contributed by atoms with Crippen molar-refractivity contribution in [3.63, 3.8) is 0 Å². The first-order valence-electron chi connectivity index (χ1n) is 9.05. The number of nitrogens with zero attached hydrogens (tertiary/aromatic N) is 1. The minimum absolute atomic E-state index is 0.164. The van der Waals surface area contributed by atoms with Gasteiger partial charge in [-0.2, -0.15) is 16.1 Å². The van der Waals surface area contributed by atoms with E-state index in [0.717, 1.165) is 37.2 Å². The Bertz CT molecular complexity index is 673. The number of hydrogen-bond donors (Lipinski definition) is 1. The molecule has 2 heterocycles. The summed E-state index contributed by atoms with van der Waals surface area (Å²) in [5.41, 5.74) is 0. The summed E-state index contributed by atoms with van der Waals surface area (Å²) < 4.78 is 27.3. The van der Waals surface area contributed by atoms with Gasteiger partial charge in [0.25, 0.3) is 5.91 Å². The van der Waals surface area contributed by atoms with Crippen molar-refractivity contribution in [1.29, 1.82) is 0 Å². The quantitative estimate of drug-likeness (QED) is 0.839. The number of hydrogen-bond acceptors (Lipinski definition) is 5. The number of amides is 1. The molecule has 140 valence electrons. The van der Waals surface area contributed by atoms with Crippen molar-refractivity contribution < 1.29 is 13.2 Å². The van der Waals surface area contributed by atoms with Gasteiger partial charge in [-0.1, -0.05) is 32.1 Å². The molecule has 0 bridgehead atoms. The van der Waals surface area contributed by atoms with Gasteiger partial charge in [-0.25, -0.2) is 8.42 Å². The van der Waals surface area contributed by atoms with Gasteiger partial charge in [-0.05, 0) is 24.3 Å². The van der Waals surface area contributed by atoms with Crippen LogP contribution >= 0.6 is 23.1 Å². The van der Waals surface area contributed by atoms with Crippen LogP contribution in [0.4, 0.5) is 0 Å². The number of carbonyl (C=O) groups excluding carboxylic acids is 1. The smallest absolute Gasteiger partial charge is 0.262 e. The van der Waals surface area contributed by atoms with Crippen molar-refractivity contribution in [3.8, 4) is 0 Å². The lowest BCUT2D eigenvalue weighted by atomic mass is 9.97. The zero-order chi connectivity index (χ0) is 17.7. The third kappa shape index (κ3) is 4.78. The third-order valence-corrected chi connectivity index (χ3v) is 8.79. The SMILES string of the molecule is O=C(NC1CCCCCCC1)c1sccc1S(=O)(=O)N1CCSCC1. The molecule has 0 aromatic carbocycles. The average molecular weight is 403 g/mol. The van der Waals surface area contributed by atoms with Crippen molar-refractivity contribution in [3.05, 3.63) is 16.3 Å². The summed E-state index contributed by atoms with van der Waals surface area (Å²) in [5, 5.41) is 4.80. The Labute approximate surface area is 158 Å². The topological polar surface area (TPSA) is 66.5 Å². The molecular formula is C17H26N2O3S3. The highest BCUT2D eigenvalue weighted by molar-refractivity contribution is 7.99. The van der Waals surface area contributed by atoms with Gasteiger partial charge in [0.15, 0.2) is 0 Å². The molecule has 1 saturated carbocycles. The summed E-state index contributed by atoms with van der Waals surface area (Å²) in [7, 11) is -3.58. The van der Waals surface area contributed by atoms with E-state index in [2.05, 4.69) is 5.32 Å². The van der Waals surface area contributed by atoms with Crippen molar-refractivity contribution >= 4 is 39.0 Å². The van der Waals surface area contributed by atoms with Crippen LogP contribution in [0.25, 0.3) is 0 Å². The van der Waals surface area contributed by atoms with E-state index in [9.17, 15) is 13.2 Å². The number of thiophene rings is 1. The summed E-state index contributed by atoms with van der Waals surface area (Å²) in [5.74, 6) is 1.39. The Balaban J connectivity index is 1.72. The number of thioether (sulfide) groups is 1. The Morgan fingerprint density at radius 1 is 1.08 bits per heavy atom. The molecule has 3 rings (SSSR count). The molecule has 1 N–H and O–H groups in total. The number of sulfonamides is 1. The summed E-state index contributed by atoms with van der Waals surface area (Å²) in [4.78, 5) is 13.2. The molecule has 1 aliphatic heterocycles. The lowest BCUT2D eigenvalue weighted by Gasteiger charge is -2.26. The highest BCUT2D eigenvalue weighted by atomic mass is 32.2. The lowest BCUT2D eigenvalue weighted by molar-refractivity contribution is 0.0931. The lowest BCUT2D eigenvalue weighted by Crippen LogP contribution is -2.39. The maximum Gasteiger partial charge on any atom is 0.262 e. The molecule has 1 aliphatic carbocycles. The molecule has 2 aliphatic rings. The second-order valence-corrected chi connectivity index (χ2v) is 10.7. The predicted molar refractivity (Wildman–Crippen MR) is 104 cm³/mol. The molecule has 0 spiro atoms. The van der Waals surface area contributed by atoms with Crippen LogP contribution in [-0.2, 0) is 10.0 Å². The molecule has 5 nitrogen and oxygen atoms in total. The molecule has 0 radical (unpaired) electrons. The Hall–Kier alpha value is -0.570. The third-order valence-electron chi connectivity index (χ3n) is 4.86. The Morgan fingerprint density at radius 3 is 2.40 bits per heavy atom. The van der Waals surface area contributed by atoms with E-state index < -0.39 is 10.0 Å². The van der Waals surface area contributed by atoms with E-state index >= 15 is 0 Å². The molecule has 1 aromatic rings. The van der Waals surface area contributed by atoms with E-state index in [4.69, 9.17) is 0 Å². The molecule has 0 atom stereocenters. The number of nitrogens with one attached hydrogen (secondary N) is 1. The molecule has 8 heteroatoms. The van der Waals surface area contributed by atoms with Crippen LogP contribution in [0.1, 0.15) is 54.6 Å². The predicted octanol–water partition coefficient (Wildman–Crippen LogP) is 3.33. The minimum Gasteiger partial charge on any atom is -0.349 e. The standard InChI is InChI=1S/C17H26N2O3S3/c20-17(18-14-6-4-2-1-3-5-7-14)16-15(8-11-24-16)25(21,22)19-9-12-23-13-10-19/h8,11,14H,1-7,9-10,12-13H2,(H,18,20). The summed E-state index contributed by atoms with van der Waals surface area (Å²) in [6.07, 6.45) is 7.96. The van der Waals surface area contributed by atoms with Gasteiger partial charge in [0.1, 0.15) is 9.77 Å². The first-order valence-corrected chi connectivity index (χ1v) is 12.5. The molecule has 1 amide bonds. The first kappa shape index (κ1) is 19.2. The number of rotatable bonds is 4. The average Bonchev–Trinajstić information content (AvgIpc) is 3.08. The highest BCUT2D eigenvalue weighted by Crippen LogP contribution is 2.27. The van der Waals surface area contributed by atoms with E-state index in [1.165, 1.54) is 34.9 Å². The second-order valence-electron chi connectivity index (χ2n) is 6.65. The van der Waals surface area contributed by atoms with E-state index in [1.54, 1.807) is 23.2 Å². The zero-order valence-electron chi connectivity index (χ0n) is 14.4. The van der Waals surface area contributed by atoms with E-state index in [1.807, 2.05) is 0 Å². The van der Waals surface area contributed by atoms with Crippen LogP contribution in [-0.4, -0.2) is 49.3 Å². The van der Waals surface area contributed by atoms with Crippen LogP contribution in [0.3, 0.4) is 0 Å². The van der Waals surface area contributed by atoms with Crippen molar-refractivity contribution in [2.45, 2.75) is 55.9 Å². The fourth-order valence-corrected chi connectivity index (χ4v) is 7.32. The molecule has 0 unspecified atom stereocenters. The van der Waals surface area contributed by atoms with Gasteiger partial charge in [-0.15, -0.1) is 11.3 Å². The van der Waals surface area contributed by atoms with Crippen LogP contribution < -0.4 is 5.32 Å². The molecule has 2 fully saturated rings. The molecule has 1 aromatic heterocycles. The summed E-state index contributed by atoms with van der Waals surface area (Å²) >= 11 is 2.99. The first-order chi connectivity index (χ1) is 12.1.